The van der Waals surface area contributed by atoms with Crippen LogP contribution in [0.1, 0.15) is 0 Å². The Morgan fingerprint density at radius 3 is 2.43 bits per heavy atom. The normalized spacial score (nSPS) is 18.5. The fraction of sp³-hybridized carbons (Fsp3) is 0.500. The van der Waals surface area contributed by atoms with Crippen LogP contribution in [0.3, 0.4) is 0 Å². The number of carbonyl (C=O) groups is 1. The summed E-state index contributed by atoms with van der Waals surface area (Å²) in [6.45, 7) is 4.35. The molecule has 0 unspecified atom stereocenters. The van der Waals surface area contributed by atoms with Crippen LogP contribution in [0, 0.1) is 0 Å². The predicted octanol–water partition coefficient (Wildman–Crippen LogP) is 1.000. The molecule has 1 aromatic carbocycles. The number of carbonyl (C=O) groups excluding carboxylic acids is 1. The molecule has 0 bridgehead atoms. The highest BCUT2D eigenvalue weighted by Crippen LogP contribution is 2.28. The summed E-state index contributed by atoms with van der Waals surface area (Å²) in [5, 5.41) is 9.25. The van der Waals surface area contributed by atoms with E-state index in [-0.39, 0.29) is 16.6 Å². The maximum Gasteiger partial charge on any atom is 0.243 e. The lowest BCUT2D eigenvalue weighted by molar-refractivity contribution is -0.129. The molecule has 0 atom stereocenters. The monoisotopic (exact) mass is 469 g/mol. The molecule has 2 aromatic rings. The van der Waals surface area contributed by atoms with Gasteiger partial charge in [0.2, 0.25) is 21.1 Å². The van der Waals surface area contributed by atoms with Gasteiger partial charge in [-0.3, -0.25) is 4.79 Å². The summed E-state index contributed by atoms with van der Waals surface area (Å²) in [4.78, 5) is 16.7. The van der Waals surface area contributed by atoms with E-state index in [4.69, 9.17) is 4.74 Å². The van der Waals surface area contributed by atoms with Crippen LogP contribution in [-0.4, -0.2) is 92.0 Å². The van der Waals surface area contributed by atoms with Gasteiger partial charge in [-0.05, 0) is 12.1 Å². The number of thioether (sulfide) groups is 1. The van der Waals surface area contributed by atoms with Crippen LogP contribution in [-0.2, 0) is 19.6 Å². The highest BCUT2D eigenvalue weighted by atomic mass is 32.2. The molecule has 0 saturated carbocycles. The molecule has 0 N–H and O–H groups in total. The molecule has 0 aliphatic carbocycles. The third kappa shape index (κ3) is 4.94. The lowest BCUT2D eigenvalue weighted by Gasteiger charge is -2.34. The molecule has 4 rings (SSSR count). The molecule has 1 aromatic heterocycles. The van der Waals surface area contributed by atoms with Gasteiger partial charge in [0.15, 0.2) is 4.34 Å². The molecule has 3 heterocycles. The zero-order valence-electron chi connectivity index (χ0n) is 16.3. The van der Waals surface area contributed by atoms with Crippen molar-refractivity contribution in [3.63, 3.8) is 0 Å². The van der Waals surface area contributed by atoms with Crippen molar-refractivity contribution in [2.75, 3.05) is 63.1 Å². The minimum atomic E-state index is -3.51. The van der Waals surface area contributed by atoms with E-state index in [1.165, 1.54) is 27.4 Å². The van der Waals surface area contributed by atoms with Gasteiger partial charge >= 0.3 is 0 Å². The first-order valence-corrected chi connectivity index (χ1v) is 12.9. The number of benzene rings is 1. The maximum absolute atomic E-state index is 12.7. The number of hydrogen-bond acceptors (Lipinski definition) is 9. The zero-order valence-corrected chi connectivity index (χ0v) is 18.8. The minimum absolute atomic E-state index is 0.0140. The van der Waals surface area contributed by atoms with Crippen LogP contribution in [0.4, 0.5) is 5.13 Å². The van der Waals surface area contributed by atoms with Crippen molar-refractivity contribution >= 4 is 44.2 Å². The molecule has 2 aliphatic rings. The Hall–Kier alpha value is -1.73. The van der Waals surface area contributed by atoms with Gasteiger partial charge in [0.1, 0.15) is 0 Å². The third-order valence-corrected chi connectivity index (χ3v) is 8.98. The number of aromatic nitrogens is 2. The Balaban J connectivity index is 1.26. The number of rotatable bonds is 6. The minimum Gasteiger partial charge on any atom is -0.378 e. The molecule has 9 nitrogen and oxygen atoms in total. The topological polar surface area (TPSA) is 95.9 Å². The van der Waals surface area contributed by atoms with Crippen molar-refractivity contribution in [3.8, 4) is 0 Å². The number of sulfonamides is 1. The van der Waals surface area contributed by atoms with Crippen LogP contribution < -0.4 is 4.90 Å². The van der Waals surface area contributed by atoms with E-state index >= 15 is 0 Å². The van der Waals surface area contributed by atoms with Crippen molar-refractivity contribution in [3.05, 3.63) is 30.3 Å². The fourth-order valence-corrected chi connectivity index (χ4v) is 6.52. The number of piperazine rings is 1. The van der Waals surface area contributed by atoms with E-state index < -0.39 is 10.0 Å². The smallest absolute Gasteiger partial charge is 0.243 e. The molecule has 12 heteroatoms. The molecule has 2 aliphatic heterocycles. The molecule has 2 saturated heterocycles. The van der Waals surface area contributed by atoms with Crippen LogP contribution >= 0.6 is 23.1 Å². The second kappa shape index (κ2) is 9.60. The summed E-state index contributed by atoms with van der Waals surface area (Å²) in [5.41, 5.74) is 0. The Bertz CT molecular complexity index is 955. The lowest BCUT2D eigenvalue weighted by atomic mass is 10.3. The molecule has 2 fully saturated rings. The maximum atomic E-state index is 12.7. The van der Waals surface area contributed by atoms with Gasteiger partial charge in [0.05, 0.1) is 23.9 Å². The van der Waals surface area contributed by atoms with Crippen molar-refractivity contribution in [2.24, 2.45) is 0 Å². The van der Waals surface area contributed by atoms with Gasteiger partial charge in [0, 0.05) is 39.3 Å². The van der Waals surface area contributed by atoms with Gasteiger partial charge in [-0.25, -0.2) is 8.42 Å². The largest absolute Gasteiger partial charge is 0.378 e. The Morgan fingerprint density at radius 2 is 1.73 bits per heavy atom. The standard InChI is InChI=1S/C18H23N5O4S3/c24-16(14-28-18-20-19-17(29-18)22-10-12-27-13-11-22)21-6-8-23(9-7-21)30(25,26)15-4-2-1-3-5-15/h1-5H,6-14H2. The first-order valence-electron chi connectivity index (χ1n) is 9.66. The van der Waals surface area contributed by atoms with E-state index in [0.29, 0.717) is 39.4 Å². The first kappa shape index (κ1) is 21.5. The molecule has 162 valence electrons. The van der Waals surface area contributed by atoms with Crippen LogP contribution in [0.25, 0.3) is 0 Å². The van der Waals surface area contributed by atoms with Gasteiger partial charge < -0.3 is 14.5 Å². The Labute approximate surface area is 184 Å². The highest BCUT2D eigenvalue weighted by molar-refractivity contribution is 8.01. The van der Waals surface area contributed by atoms with E-state index in [2.05, 4.69) is 15.1 Å². The first-order chi connectivity index (χ1) is 14.5. The number of nitrogens with zero attached hydrogens (tertiary/aromatic N) is 5. The van der Waals surface area contributed by atoms with E-state index in [0.717, 1.165) is 22.6 Å². The average Bonchev–Trinajstić information content (AvgIpc) is 3.28. The molecule has 0 spiro atoms. The number of hydrogen-bond donors (Lipinski definition) is 0. The average molecular weight is 470 g/mol. The number of anilines is 1. The fourth-order valence-electron chi connectivity index (χ4n) is 3.28. The summed E-state index contributed by atoms with van der Waals surface area (Å²) >= 11 is 2.86. The second-order valence-electron chi connectivity index (χ2n) is 6.84. The third-order valence-electron chi connectivity index (χ3n) is 4.97. The Morgan fingerprint density at radius 1 is 1.03 bits per heavy atom. The van der Waals surface area contributed by atoms with Crippen molar-refractivity contribution in [1.82, 2.24) is 19.4 Å². The summed E-state index contributed by atoms with van der Waals surface area (Å²) < 4.78 is 32.9. The Kier molecular flexibility index (Phi) is 6.88. The van der Waals surface area contributed by atoms with E-state index in [1.54, 1.807) is 35.2 Å². The van der Waals surface area contributed by atoms with Crippen molar-refractivity contribution in [1.29, 1.82) is 0 Å². The van der Waals surface area contributed by atoms with Crippen molar-refractivity contribution in [2.45, 2.75) is 9.24 Å². The summed E-state index contributed by atoms with van der Waals surface area (Å²) in [7, 11) is -3.51. The summed E-state index contributed by atoms with van der Waals surface area (Å²) in [6.07, 6.45) is 0. The van der Waals surface area contributed by atoms with Gasteiger partial charge in [0.25, 0.3) is 0 Å². The van der Waals surface area contributed by atoms with E-state index in [9.17, 15) is 13.2 Å². The predicted molar refractivity (Wildman–Crippen MR) is 115 cm³/mol. The van der Waals surface area contributed by atoms with Gasteiger partial charge in [-0.15, -0.1) is 10.2 Å². The molecule has 1 amide bonds. The lowest BCUT2D eigenvalue weighted by Crippen LogP contribution is -2.50. The number of ether oxygens (including phenoxy) is 1. The molecule has 30 heavy (non-hydrogen) atoms. The summed E-state index contributed by atoms with van der Waals surface area (Å²) in [5.74, 6) is 0.253. The van der Waals surface area contributed by atoms with Crippen molar-refractivity contribution < 1.29 is 17.9 Å². The van der Waals surface area contributed by atoms with Crippen LogP contribution in [0.5, 0.6) is 0 Å². The highest BCUT2D eigenvalue weighted by Gasteiger charge is 2.30. The van der Waals surface area contributed by atoms with Crippen LogP contribution in [0.15, 0.2) is 39.6 Å². The van der Waals surface area contributed by atoms with Gasteiger partial charge in [-0.2, -0.15) is 4.31 Å². The van der Waals surface area contributed by atoms with Gasteiger partial charge in [-0.1, -0.05) is 41.3 Å². The van der Waals surface area contributed by atoms with Crippen LogP contribution in [0.2, 0.25) is 0 Å². The number of amides is 1. The zero-order chi connectivity index (χ0) is 21.0. The summed E-state index contributed by atoms with van der Waals surface area (Å²) in [6, 6.07) is 8.40. The molecular weight excluding hydrogens is 446 g/mol. The quantitative estimate of drug-likeness (QED) is 0.578. The molecular formula is C18H23N5O4S3. The SMILES string of the molecule is O=C(CSc1nnc(N2CCOCC2)s1)N1CCN(S(=O)(=O)c2ccccc2)CC1. The molecule has 0 radical (unpaired) electrons. The second-order valence-corrected chi connectivity index (χ2v) is 11.0. The van der Waals surface area contributed by atoms with E-state index in [1.807, 2.05) is 0 Å². The number of morpholine rings is 1.